The highest BCUT2D eigenvalue weighted by molar-refractivity contribution is 6.30. The molecule has 140 valence electrons. The first-order chi connectivity index (χ1) is 12.9. The molecule has 0 aliphatic rings. The molecule has 6 heteroatoms. The average Bonchev–Trinajstić information content (AvgIpc) is 3.04. The van der Waals surface area contributed by atoms with E-state index in [0.717, 1.165) is 16.8 Å². The highest BCUT2D eigenvalue weighted by atomic mass is 35.5. The van der Waals surface area contributed by atoms with Crippen LogP contribution < -0.4 is 0 Å². The maximum Gasteiger partial charge on any atom is 0.223 e. The Hall–Kier alpha value is -2.79. The van der Waals surface area contributed by atoms with Crippen molar-refractivity contribution in [2.45, 2.75) is 25.8 Å². The Kier molecular flexibility index (Phi) is 5.81. The number of carbonyl (C=O) groups excluding carboxylic acids is 1. The zero-order valence-electron chi connectivity index (χ0n) is 15.2. The molecule has 2 aromatic carbocycles. The highest BCUT2D eigenvalue weighted by Crippen LogP contribution is 2.32. The van der Waals surface area contributed by atoms with Crippen LogP contribution in [0.15, 0.2) is 59.1 Å². The Balaban J connectivity index is 1.83. The van der Waals surface area contributed by atoms with Crippen LogP contribution in [0, 0.1) is 6.92 Å². The van der Waals surface area contributed by atoms with Crippen molar-refractivity contribution in [1.29, 1.82) is 0 Å². The van der Waals surface area contributed by atoms with Crippen molar-refractivity contribution >= 4 is 17.5 Å². The fourth-order valence-electron chi connectivity index (χ4n) is 3.04. The zero-order chi connectivity index (χ0) is 19.4. The largest absolute Gasteiger partial charge is 0.508 e. The van der Waals surface area contributed by atoms with Crippen LogP contribution in [0.1, 0.15) is 34.9 Å². The fraction of sp³-hybridized carbons (Fsp3) is 0.238. The van der Waals surface area contributed by atoms with Crippen molar-refractivity contribution in [2.75, 3.05) is 7.05 Å². The van der Waals surface area contributed by atoms with Crippen molar-refractivity contribution < 1.29 is 14.4 Å². The van der Waals surface area contributed by atoms with Gasteiger partial charge >= 0.3 is 0 Å². The molecule has 0 fully saturated rings. The number of aromatic hydroxyl groups is 1. The lowest BCUT2D eigenvalue weighted by molar-refractivity contribution is -0.130. The van der Waals surface area contributed by atoms with Crippen LogP contribution in [0.2, 0.25) is 5.02 Å². The van der Waals surface area contributed by atoms with Gasteiger partial charge in [-0.15, -0.1) is 0 Å². The van der Waals surface area contributed by atoms with Crippen LogP contribution in [0.4, 0.5) is 0 Å². The number of hydrogen-bond donors (Lipinski definition) is 1. The number of aromatic nitrogens is 1. The minimum Gasteiger partial charge on any atom is -0.508 e. The Morgan fingerprint density at radius 2 is 1.89 bits per heavy atom. The van der Waals surface area contributed by atoms with Crippen LogP contribution in [-0.4, -0.2) is 28.1 Å². The second-order valence-corrected chi connectivity index (χ2v) is 7.03. The number of halogens is 1. The van der Waals surface area contributed by atoms with E-state index in [-0.39, 0.29) is 24.0 Å². The quantitative estimate of drug-likeness (QED) is 0.678. The molecule has 0 bridgehead atoms. The van der Waals surface area contributed by atoms with E-state index in [4.69, 9.17) is 16.1 Å². The summed E-state index contributed by atoms with van der Waals surface area (Å²) in [5, 5.41) is 14.3. The maximum absolute atomic E-state index is 12.8. The summed E-state index contributed by atoms with van der Waals surface area (Å²) in [6.07, 6.45) is 0.243. The Bertz CT molecular complexity index is 893. The molecule has 1 N–H and O–H groups in total. The minimum atomic E-state index is -0.220. The molecular weight excluding hydrogens is 364 g/mol. The lowest BCUT2D eigenvalue weighted by Gasteiger charge is -2.22. The topological polar surface area (TPSA) is 66.6 Å². The van der Waals surface area contributed by atoms with Crippen LogP contribution in [0.5, 0.6) is 5.75 Å². The summed E-state index contributed by atoms with van der Waals surface area (Å²) in [5.74, 6) is 0.539. The first kappa shape index (κ1) is 19.0. The van der Waals surface area contributed by atoms with Gasteiger partial charge in [-0.05, 0) is 42.3 Å². The second-order valence-electron chi connectivity index (χ2n) is 6.59. The van der Waals surface area contributed by atoms with E-state index in [1.807, 2.05) is 37.3 Å². The predicted octanol–water partition coefficient (Wildman–Crippen LogP) is 4.52. The number of rotatable bonds is 6. The van der Waals surface area contributed by atoms with Crippen molar-refractivity contribution in [1.82, 2.24) is 10.1 Å². The van der Waals surface area contributed by atoms with E-state index in [1.54, 1.807) is 36.2 Å². The third-order valence-electron chi connectivity index (χ3n) is 4.40. The summed E-state index contributed by atoms with van der Waals surface area (Å²) in [6, 6.07) is 16.2. The lowest BCUT2D eigenvalue weighted by atomic mass is 9.88. The molecular formula is C21H21ClN2O3. The van der Waals surface area contributed by atoms with Crippen LogP contribution >= 0.6 is 11.6 Å². The predicted molar refractivity (Wildman–Crippen MR) is 104 cm³/mol. The fourth-order valence-corrected chi connectivity index (χ4v) is 3.23. The molecule has 3 rings (SSSR count). The normalized spacial score (nSPS) is 12.0. The van der Waals surface area contributed by atoms with Gasteiger partial charge in [-0.25, -0.2) is 0 Å². The third kappa shape index (κ3) is 4.89. The van der Waals surface area contributed by atoms with Gasteiger partial charge in [0.25, 0.3) is 0 Å². The second kappa shape index (κ2) is 8.27. The van der Waals surface area contributed by atoms with Crippen molar-refractivity contribution in [3.8, 4) is 5.75 Å². The average molecular weight is 385 g/mol. The number of carbonyl (C=O) groups is 1. The number of amides is 1. The molecule has 5 nitrogen and oxygen atoms in total. The first-order valence-corrected chi connectivity index (χ1v) is 9.00. The van der Waals surface area contributed by atoms with Gasteiger partial charge in [0.05, 0.1) is 12.2 Å². The molecule has 1 heterocycles. The number of benzene rings is 2. The van der Waals surface area contributed by atoms with Gasteiger partial charge in [-0.2, -0.15) is 0 Å². The summed E-state index contributed by atoms with van der Waals surface area (Å²) in [6.45, 7) is 2.19. The van der Waals surface area contributed by atoms with Gasteiger partial charge in [0.1, 0.15) is 5.75 Å². The zero-order valence-corrected chi connectivity index (χ0v) is 16.0. The smallest absolute Gasteiger partial charge is 0.223 e. The molecule has 0 aliphatic heterocycles. The Labute approximate surface area is 163 Å². The van der Waals surface area contributed by atoms with Gasteiger partial charge in [-0.3, -0.25) is 4.79 Å². The van der Waals surface area contributed by atoms with Gasteiger partial charge < -0.3 is 14.5 Å². The number of nitrogens with zero attached hydrogens (tertiary/aromatic N) is 2. The molecule has 0 unspecified atom stereocenters. The molecule has 0 radical (unpaired) electrons. The van der Waals surface area contributed by atoms with Gasteiger partial charge in [0.15, 0.2) is 5.76 Å². The van der Waals surface area contributed by atoms with E-state index in [1.165, 1.54) is 0 Å². The number of phenolic OH excluding ortho intramolecular Hbond substituents is 1. The van der Waals surface area contributed by atoms with E-state index >= 15 is 0 Å². The SMILES string of the molecule is Cc1cc(CN(C)C(=O)C[C@@H](c2cccc(O)c2)c2cccc(Cl)c2)on1. The molecule has 0 aliphatic carbocycles. The summed E-state index contributed by atoms with van der Waals surface area (Å²) in [7, 11) is 1.73. The molecule has 27 heavy (non-hydrogen) atoms. The summed E-state index contributed by atoms with van der Waals surface area (Å²) in [5.41, 5.74) is 2.56. The maximum atomic E-state index is 12.8. The molecule has 1 aromatic heterocycles. The van der Waals surface area contributed by atoms with Crippen molar-refractivity contribution in [3.63, 3.8) is 0 Å². The lowest BCUT2D eigenvalue weighted by Crippen LogP contribution is -2.27. The van der Waals surface area contributed by atoms with Crippen LogP contribution in [0.3, 0.4) is 0 Å². The van der Waals surface area contributed by atoms with E-state index in [9.17, 15) is 9.90 Å². The van der Waals surface area contributed by atoms with Crippen molar-refractivity contribution in [3.05, 3.63) is 82.2 Å². The minimum absolute atomic E-state index is 0.0441. The molecule has 3 aromatic rings. The Morgan fingerprint density at radius 3 is 2.52 bits per heavy atom. The first-order valence-electron chi connectivity index (χ1n) is 8.63. The Morgan fingerprint density at radius 1 is 1.19 bits per heavy atom. The van der Waals surface area contributed by atoms with E-state index < -0.39 is 0 Å². The van der Waals surface area contributed by atoms with E-state index in [0.29, 0.717) is 17.3 Å². The van der Waals surface area contributed by atoms with Crippen LogP contribution in [-0.2, 0) is 11.3 Å². The number of hydrogen-bond acceptors (Lipinski definition) is 4. The standard InChI is InChI=1S/C21H21ClN2O3/c1-14-9-19(27-23-14)13-24(2)21(26)12-20(15-5-3-7-17(22)10-15)16-6-4-8-18(25)11-16/h3-11,20,25H,12-13H2,1-2H3/t20-/m1/s1. The monoisotopic (exact) mass is 384 g/mol. The van der Waals surface area contributed by atoms with Crippen LogP contribution in [0.25, 0.3) is 0 Å². The van der Waals surface area contributed by atoms with Crippen molar-refractivity contribution in [2.24, 2.45) is 0 Å². The third-order valence-corrected chi connectivity index (χ3v) is 4.63. The summed E-state index contributed by atoms with van der Waals surface area (Å²) in [4.78, 5) is 14.5. The van der Waals surface area contributed by atoms with E-state index in [2.05, 4.69) is 5.16 Å². The number of phenols is 1. The molecule has 1 atom stereocenters. The highest BCUT2D eigenvalue weighted by Gasteiger charge is 2.22. The molecule has 0 saturated heterocycles. The molecule has 1 amide bonds. The van der Waals surface area contributed by atoms with Gasteiger partial charge in [0, 0.05) is 30.5 Å². The van der Waals surface area contributed by atoms with Gasteiger partial charge in [0.2, 0.25) is 5.91 Å². The molecule has 0 spiro atoms. The van der Waals surface area contributed by atoms with Gasteiger partial charge in [-0.1, -0.05) is 41.0 Å². The summed E-state index contributed by atoms with van der Waals surface area (Å²) < 4.78 is 5.20. The summed E-state index contributed by atoms with van der Waals surface area (Å²) >= 11 is 6.15. The number of aryl methyl sites for hydroxylation is 1. The molecule has 0 saturated carbocycles.